The molecule has 5 N–H and O–H groups in total. The number of carbonyl (C=O) groups is 1. The van der Waals surface area contributed by atoms with Crippen molar-refractivity contribution < 1.29 is 29.2 Å². The highest BCUT2D eigenvalue weighted by Gasteiger charge is 2.16. The number of unbranched alkanes of at least 4 members (excludes halogenated alkanes) is 2. The molecule has 9 heteroatoms. The molecule has 0 aliphatic carbocycles. The van der Waals surface area contributed by atoms with E-state index in [1.807, 2.05) is 31.2 Å². The predicted molar refractivity (Wildman–Crippen MR) is 193 cm³/mol. The lowest BCUT2D eigenvalue weighted by Crippen LogP contribution is -2.32. The van der Waals surface area contributed by atoms with Gasteiger partial charge in [-0.05, 0) is 98.2 Å². The maximum absolute atomic E-state index is 11.5. The molecule has 3 aromatic carbocycles. The monoisotopic (exact) mass is 669 g/mol. The van der Waals surface area contributed by atoms with E-state index < -0.39 is 5.97 Å². The van der Waals surface area contributed by atoms with Gasteiger partial charge in [-0.2, -0.15) is 0 Å². The standard InChI is InChI=1S/C40H51N3O6/c1-5-6-17-47-37-15-10-14-36(29(37)4)35-13-9-11-31(28(35)3)26-49-38-20-39(48-25-30-19-33(40(45)46)22-42-21-30)32(18-27(38)2)23-43-34(24-44)12-7-8-16-41/h9-11,13-15,18-22,34,43-44H,5-8,12,16-17,23-26,41H2,1-4H3,(H,45,46)/t34-/m0/s1. The van der Waals surface area contributed by atoms with E-state index in [0.717, 1.165) is 76.8 Å². The summed E-state index contributed by atoms with van der Waals surface area (Å²) in [6.45, 7) is 10.7. The average molecular weight is 670 g/mol. The molecule has 0 fully saturated rings. The lowest BCUT2D eigenvalue weighted by molar-refractivity contribution is 0.0696. The predicted octanol–water partition coefficient (Wildman–Crippen LogP) is 7.29. The van der Waals surface area contributed by atoms with Crippen molar-refractivity contribution in [3.63, 3.8) is 0 Å². The van der Waals surface area contributed by atoms with E-state index in [1.165, 1.54) is 6.20 Å². The first kappa shape index (κ1) is 37.4. The van der Waals surface area contributed by atoms with Crippen LogP contribution in [0.3, 0.4) is 0 Å². The van der Waals surface area contributed by atoms with Gasteiger partial charge >= 0.3 is 5.97 Å². The van der Waals surface area contributed by atoms with Crippen molar-refractivity contribution in [2.45, 2.75) is 85.6 Å². The second-order valence-corrected chi connectivity index (χ2v) is 12.5. The quantitative estimate of drug-likeness (QED) is 0.0716. The molecule has 0 bridgehead atoms. The van der Waals surface area contributed by atoms with Crippen LogP contribution in [0.2, 0.25) is 0 Å². The molecule has 4 rings (SSSR count). The summed E-state index contributed by atoms with van der Waals surface area (Å²) in [7, 11) is 0. The van der Waals surface area contributed by atoms with Gasteiger partial charge in [-0.1, -0.05) is 50.1 Å². The summed E-state index contributed by atoms with van der Waals surface area (Å²) in [6, 6.07) is 17.9. The van der Waals surface area contributed by atoms with E-state index in [9.17, 15) is 15.0 Å². The Morgan fingerprint density at radius 2 is 1.61 bits per heavy atom. The van der Waals surface area contributed by atoms with Crippen LogP contribution in [0.5, 0.6) is 17.2 Å². The van der Waals surface area contributed by atoms with Gasteiger partial charge in [0.2, 0.25) is 0 Å². The Bertz CT molecular complexity index is 1670. The number of hydrogen-bond acceptors (Lipinski definition) is 8. The molecule has 0 saturated carbocycles. The molecule has 0 aliphatic rings. The largest absolute Gasteiger partial charge is 0.493 e. The molecule has 1 heterocycles. The molecule has 0 radical (unpaired) electrons. The number of carboxylic acid groups (broad SMARTS) is 1. The summed E-state index contributed by atoms with van der Waals surface area (Å²) in [6.07, 6.45) is 7.66. The highest BCUT2D eigenvalue weighted by Crippen LogP contribution is 2.35. The van der Waals surface area contributed by atoms with Gasteiger partial charge in [-0.25, -0.2) is 4.79 Å². The second kappa shape index (κ2) is 18.9. The van der Waals surface area contributed by atoms with Gasteiger partial charge in [0.25, 0.3) is 0 Å². The topological polar surface area (TPSA) is 136 Å². The number of aryl methyl sites for hydroxylation is 1. The van der Waals surface area contributed by atoms with Crippen LogP contribution in [0, 0.1) is 20.8 Å². The molecule has 0 saturated heterocycles. The van der Waals surface area contributed by atoms with Crippen LogP contribution in [0.1, 0.15) is 82.8 Å². The summed E-state index contributed by atoms with van der Waals surface area (Å²) in [5, 5.41) is 22.8. The maximum Gasteiger partial charge on any atom is 0.337 e. The van der Waals surface area contributed by atoms with Crippen molar-refractivity contribution in [1.29, 1.82) is 0 Å². The van der Waals surface area contributed by atoms with E-state index in [4.69, 9.17) is 19.9 Å². The fraction of sp³-hybridized carbons (Fsp3) is 0.400. The number of nitrogens with one attached hydrogen (secondary N) is 1. The number of benzene rings is 3. The van der Waals surface area contributed by atoms with Crippen LogP contribution >= 0.6 is 0 Å². The Kier molecular flexibility index (Phi) is 14.4. The Morgan fingerprint density at radius 3 is 2.35 bits per heavy atom. The van der Waals surface area contributed by atoms with Crippen LogP contribution in [0.25, 0.3) is 11.1 Å². The van der Waals surface area contributed by atoms with Crippen LogP contribution in [-0.2, 0) is 19.8 Å². The van der Waals surface area contributed by atoms with Gasteiger partial charge in [0.15, 0.2) is 0 Å². The van der Waals surface area contributed by atoms with Gasteiger partial charge in [0.1, 0.15) is 30.5 Å². The van der Waals surface area contributed by atoms with Crippen molar-refractivity contribution in [3.8, 4) is 28.4 Å². The molecule has 0 unspecified atom stereocenters. The Hall–Kier alpha value is -4.44. The van der Waals surface area contributed by atoms with Crippen molar-refractivity contribution in [1.82, 2.24) is 10.3 Å². The first-order valence-electron chi connectivity index (χ1n) is 17.2. The molecule has 9 nitrogen and oxygen atoms in total. The fourth-order valence-electron chi connectivity index (χ4n) is 5.73. The van der Waals surface area contributed by atoms with Gasteiger partial charge in [-0.15, -0.1) is 0 Å². The van der Waals surface area contributed by atoms with Crippen molar-refractivity contribution in [2.75, 3.05) is 19.8 Å². The Balaban J connectivity index is 1.56. The summed E-state index contributed by atoms with van der Waals surface area (Å²) < 4.78 is 18.8. The molecule has 0 amide bonds. The minimum absolute atomic E-state index is 0.0166. The maximum atomic E-state index is 11.5. The van der Waals surface area contributed by atoms with Crippen molar-refractivity contribution in [3.05, 3.63) is 106 Å². The van der Waals surface area contributed by atoms with E-state index in [1.54, 1.807) is 12.3 Å². The molecule has 0 spiro atoms. The van der Waals surface area contributed by atoms with Crippen LogP contribution in [0.4, 0.5) is 0 Å². The Morgan fingerprint density at radius 1 is 0.857 bits per heavy atom. The zero-order chi connectivity index (χ0) is 35.2. The molecule has 0 aliphatic heterocycles. The van der Waals surface area contributed by atoms with E-state index in [2.05, 4.69) is 55.3 Å². The lowest BCUT2D eigenvalue weighted by atomic mass is 9.93. The molecular formula is C40H51N3O6. The number of pyridine rings is 1. The van der Waals surface area contributed by atoms with E-state index >= 15 is 0 Å². The van der Waals surface area contributed by atoms with Crippen LogP contribution in [0.15, 0.2) is 67.0 Å². The number of aliphatic hydroxyl groups excluding tert-OH is 1. The SMILES string of the molecule is CCCCOc1cccc(-c2cccc(COc3cc(OCc4cncc(C(=O)O)c4)c(CN[C@H](CO)CCCCN)cc3C)c2C)c1C. The lowest BCUT2D eigenvalue weighted by Gasteiger charge is -2.20. The molecule has 1 aromatic heterocycles. The molecule has 262 valence electrons. The van der Waals surface area contributed by atoms with E-state index in [0.29, 0.717) is 43.4 Å². The fourth-order valence-corrected chi connectivity index (χ4v) is 5.73. The van der Waals surface area contributed by atoms with Gasteiger partial charge in [0.05, 0.1) is 18.8 Å². The third kappa shape index (κ3) is 10.5. The number of aromatic nitrogens is 1. The van der Waals surface area contributed by atoms with Crippen molar-refractivity contribution in [2.24, 2.45) is 5.73 Å². The number of nitrogens with zero attached hydrogens (tertiary/aromatic N) is 1. The highest BCUT2D eigenvalue weighted by atomic mass is 16.5. The number of carboxylic acids is 1. The van der Waals surface area contributed by atoms with Gasteiger partial charge in [0, 0.05) is 42.2 Å². The third-order valence-electron chi connectivity index (χ3n) is 8.76. The van der Waals surface area contributed by atoms with Crippen LogP contribution < -0.4 is 25.3 Å². The minimum atomic E-state index is -1.04. The number of rotatable bonds is 20. The molecule has 49 heavy (non-hydrogen) atoms. The third-order valence-corrected chi connectivity index (χ3v) is 8.76. The summed E-state index contributed by atoms with van der Waals surface area (Å²) >= 11 is 0. The smallest absolute Gasteiger partial charge is 0.337 e. The second-order valence-electron chi connectivity index (χ2n) is 12.5. The number of hydrogen-bond donors (Lipinski definition) is 4. The number of aromatic carboxylic acids is 1. The summed E-state index contributed by atoms with van der Waals surface area (Å²) in [5.41, 5.74) is 13.9. The molecule has 1 atom stereocenters. The van der Waals surface area contributed by atoms with E-state index in [-0.39, 0.29) is 24.8 Å². The normalized spacial score (nSPS) is 11.7. The van der Waals surface area contributed by atoms with Gasteiger partial charge < -0.3 is 35.5 Å². The zero-order valence-corrected chi connectivity index (χ0v) is 29.3. The minimum Gasteiger partial charge on any atom is -0.493 e. The average Bonchev–Trinajstić information content (AvgIpc) is 3.10. The molecule has 4 aromatic rings. The number of ether oxygens (including phenoxy) is 3. The van der Waals surface area contributed by atoms with Crippen molar-refractivity contribution >= 4 is 5.97 Å². The summed E-state index contributed by atoms with van der Waals surface area (Å²) in [4.78, 5) is 15.6. The van der Waals surface area contributed by atoms with Gasteiger partial charge in [-0.3, -0.25) is 4.98 Å². The number of nitrogens with two attached hydrogens (primary N) is 1. The highest BCUT2D eigenvalue weighted by molar-refractivity contribution is 5.87. The first-order chi connectivity index (χ1) is 23.7. The Labute approximate surface area is 290 Å². The number of aliphatic hydroxyl groups is 1. The van der Waals surface area contributed by atoms with Crippen LogP contribution in [-0.4, -0.2) is 47.0 Å². The first-order valence-corrected chi connectivity index (χ1v) is 17.2. The zero-order valence-electron chi connectivity index (χ0n) is 29.3. The summed E-state index contributed by atoms with van der Waals surface area (Å²) in [5.74, 6) is 1.16. The molecular weight excluding hydrogens is 618 g/mol.